The number of nitrogens with zero attached hydrogens (tertiary/aromatic N) is 2. The highest BCUT2D eigenvalue weighted by molar-refractivity contribution is 5.98. The Morgan fingerprint density at radius 1 is 1.23 bits per heavy atom. The van der Waals surface area contributed by atoms with E-state index >= 15 is 0 Å². The molecule has 2 aromatic carbocycles. The number of methoxy groups -OCH3 is 1. The summed E-state index contributed by atoms with van der Waals surface area (Å²) in [5.74, 6) is -0.450. The van der Waals surface area contributed by atoms with Crippen molar-refractivity contribution in [2.24, 2.45) is 0 Å². The maximum Gasteiger partial charge on any atom is 0.337 e. The number of rotatable bonds is 1. The molecule has 1 N–H and O–H groups in total. The Morgan fingerprint density at radius 3 is 2.86 bits per heavy atom. The molecule has 0 radical (unpaired) electrons. The first-order chi connectivity index (χ1) is 10.7. The van der Waals surface area contributed by atoms with E-state index in [1.54, 1.807) is 18.2 Å². The molecule has 108 valence electrons. The number of aromatic nitrogens is 3. The second-order valence-electron chi connectivity index (χ2n) is 4.94. The fraction of sp³-hybridized carbons (Fsp3) is 0.0625. The minimum atomic E-state index is -0.450. The van der Waals surface area contributed by atoms with Crippen LogP contribution in [0.2, 0.25) is 0 Å². The van der Waals surface area contributed by atoms with Gasteiger partial charge in [0.15, 0.2) is 5.65 Å². The number of hydrogen-bond acceptors (Lipinski definition) is 4. The van der Waals surface area contributed by atoms with Crippen molar-refractivity contribution in [2.75, 3.05) is 7.11 Å². The summed E-state index contributed by atoms with van der Waals surface area (Å²) in [5, 5.41) is 0.845. The summed E-state index contributed by atoms with van der Waals surface area (Å²) in [6.45, 7) is 0. The van der Waals surface area contributed by atoms with Crippen LogP contribution in [0.25, 0.3) is 27.6 Å². The number of esters is 1. The van der Waals surface area contributed by atoms with E-state index in [4.69, 9.17) is 4.74 Å². The summed E-state index contributed by atoms with van der Waals surface area (Å²) >= 11 is 0. The monoisotopic (exact) mass is 293 g/mol. The largest absolute Gasteiger partial charge is 0.465 e. The van der Waals surface area contributed by atoms with Crippen LogP contribution in [0, 0.1) is 0 Å². The van der Waals surface area contributed by atoms with Crippen LogP contribution in [0.15, 0.2) is 47.3 Å². The van der Waals surface area contributed by atoms with Crippen molar-refractivity contribution in [3.63, 3.8) is 0 Å². The molecule has 0 amide bonds. The number of aromatic amines is 1. The number of nitrogens with one attached hydrogen (secondary N) is 1. The molecule has 0 saturated heterocycles. The Hall–Kier alpha value is -3.15. The molecule has 0 unspecified atom stereocenters. The quantitative estimate of drug-likeness (QED) is 0.545. The van der Waals surface area contributed by atoms with Gasteiger partial charge < -0.3 is 9.72 Å². The Labute approximate surface area is 124 Å². The second kappa shape index (κ2) is 4.42. The van der Waals surface area contributed by atoms with Crippen molar-refractivity contribution in [3.05, 3.63) is 58.5 Å². The summed E-state index contributed by atoms with van der Waals surface area (Å²) in [6, 6.07) is 12.4. The lowest BCUT2D eigenvalue weighted by molar-refractivity contribution is 0.0601. The number of ether oxygens (including phenoxy) is 1. The van der Waals surface area contributed by atoms with Crippen LogP contribution in [0.5, 0.6) is 0 Å². The van der Waals surface area contributed by atoms with Gasteiger partial charge in [0.2, 0.25) is 0 Å². The lowest BCUT2D eigenvalue weighted by Crippen LogP contribution is -2.16. The van der Waals surface area contributed by atoms with Gasteiger partial charge in [-0.15, -0.1) is 0 Å². The second-order valence-corrected chi connectivity index (χ2v) is 4.94. The Balaban J connectivity index is 2.19. The SMILES string of the molecule is COC(=O)c1ccc2nc3c4ccccc4[nH]c(=O)n3c2c1. The Morgan fingerprint density at radius 2 is 2.05 bits per heavy atom. The highest BCUT2D eigenvalue weighted by Crippen LogP contribution is 2.22. The molecule has 0 bridgehead atoms. The van der Waals surface area contributed by atoms with E-state index in [-0.39, 0.29) is 5.69 Å². The topological polar surface area (TPSA) is 76.5 Å². The van der Waals surface area contributed by atoms with Crippen molar-refractivity contribution in [3.8, 4) is 0 Å². The lowest BCUT2D eigenvalue weighted by atomic mass is 10.2. The summed E-state index contributed by atoms with van der Waals surface area (Å²) in [7, 11) is 1.32. The number of carbonyl (C=O) groups is 1. The van der Waals surface area contributed by atoms with Crippen LogP contribution in [0.1, 0.15) is 10.4 Å². The first kappa shape index (κ1) is 12.6. The molecule has 0 atom stereocenters. The molecular formula is C16H11N3O3. The number of carbonyl (C=O) groups excluding carboxylic acids is 1. The first-order valence-corrected chi connectivity index (χ1v) is 6.70. The smallest absolute Gasteiger partial charge is 0.337 e. The normalized spacial score (nSPS) is 11.3. The zero-order chi connectivity index (χ0) is 15.3. The highest BCUT2D eigenvalue weighted by atomic mass is 16.5. The molecule has 0 spiro atoms. The van der Waals surface area contributed by atoms with Crippen molar-refractivity contribution in [2.45, 2.75) is 0 Å². The molecule has 4 aromatic rings. The van der Waals surface area contributed by atoms with Crippen LogP contribution in [-0.4, -0.2) is 27.4 Å². The standard InChI is InChI=1S/C16H11N3O3/c1-22-15(20)9-6-7-12-13(8-9)19-14(17-12)10-4-2-3-5-11(10)18-16(19)21/h2-8H,1H3,(H,18,21). The van der Waals surface area contributed by atoms with Gasteiger partial charge in [-0.25, -0.2) is 19.0 Å². The van der Waals surface area contributed by atoms with E-state index in [2.05, 4.69) is 9.97 Å². The number of benzene rings is 2. The molecule has 6 heteroatoms. The first-order valence-electron chi connectivity index (χ1n) is 6.70. The Kier molecular flexibility index (Phi) is 2.53. The molecule has 4 rings (SSSR count). The minimum absolute atomic E-state index is 0.293. The van der Waals surface area contributed by atoms with Crippen molar-refractivity contribution in [1.82, 2.24) is 14.4 Å². The number of imidazole rings is 1. The predicted molar refractivity (Wildman–Crippen MR) is 82.2 cm³/mol. The van der Waals surface area contributed by atoms with E-state index in [0.29, 0.717) is 22.2 Å². The van der Waals surface area contributed by atoms with E-state index in [9.17, 15) is 9.59 Å². The molecule has 0 saturated carbocycles. The van der Waals surface area contributed by atoms with Gasteiger partial charge in [0, 0.05) is 5.39 Å². The van der Waals surface area contributed by atoms with Gasteiger partial charge in [-0.2, -0.15) is 0 Å². The summed E-state index contributed by atoms with van der Waals surface area (Å²) < 4.78 is 6.20. The summed E-state index contributed by atoms with van der Waals surface area (Å²) in [6.07, 6.45) is 0. The van der Waals surface area contributed by atoms with E-state index in [1.165, 1.54) is 11.5 Å². The van der Waals surface area contributed by atoms with Gasteiger partial charge >= 0.3 is 11.7 Å². The minimum Gasteiger partial charge on any atom is -0.465 e. The van der Waals surface area contributed by atoms with Crippen LogP contribution < -0.4 is 5.69 Å². The van der Waals surface area contributed by atoms with Gasteiger partial charge in [0.05, 0.1) is 29.2 Å². The molecule has 0 aliphatic rings. The highest BCUT2D eigenvalue weighted by Gasteiger charge is 2.14. The zero-order valence-corrected chi connectivity index (χ0v) is 11.7. The molecule has 0 fully saturated rings. The zero-order valence-electron chi connectivity index (χ0n) is 11.7. The van der Waals surface area contributed by atoms with Crippen molar-refractivity contribution < 1.29 is 9.53 Å². The van der Waals surface area contributed by atoms with Crippen LogP contribution >= 0.6 is 0 Å². The fourth-order valence-electron chi connectivity index (χ4n) is 2.66. The van der Waals surface area contributed by atoms with Crippen LogP contribution in [0.4, 0.5) is 0 Å². The van der Waals surface area contributed by atoms with Gasteiger partial charge in [-0.1, -0.05) is 12.1 Å². The van der Waals surface area contributed by atoms with Crippen LogP contribution in [-0.2, 0) is 4.74 Å². The van der Waals surface area contributed by atoms with Gasteiger partial charge in [0.25, 0.3) is 0 Å². The van der Waals surface area contributed by atoms with Gasteiger partial charge in [-0.3, -0.25) is 0 Å². The Bertz CT molecular complexity index is 1110. The molecule has 22 heavy (non-hydrogen) atoms. The molecule has 2 heterocycles. The maximum atomic E-state index is 12.4. The predicted octanol–water partition coefficient (Wildman–Crippen LogP) is 2.12. The average Bonchev–Trinajstić information content (AvgIpc) is 2.93. The van der Waals surface area contributed by atoms with Gasteiger partial charge in [-0.05, 0) is 30.3 Å². The van der Waals surface area contributed by atoms with Crippen molar-refractivity contribution in [1.29, 1.82) is 0 Å². The number of fused-ring (bicyclic) bond motifs is 5. The van der Waals surface area contributed by atoms with Gasteiger partial charge in [0.1, 0.15) is 0 Å². The van der Waals surface area contributed by atoms with Crippen molar-refractivity contribution >= 4 is 33.6 Å². The van der Waals surface area contributed by atoms with Crippen LogP contribution in [0.3, 0.4) is 0 Å². The average molecular weight is 293 g/mol. The third-order valence-corrected chi connectivity index (χ3v) is 3.69. The molecule has 6 nitrogen and oxygen atoms in total. The third-order valence-electron chi connectivity index (χ3n) is 3.69. The maximum absolute atomic E-state index is 12.4. The third kappa shape index (κ3) is 1.64. The molecule has 2 aromatic heterocycles. The lowest BCUT2D eigenvalue weighted by Gasteiger charge is -2.01. The fourth-order valence-corrected chi connectivity index (χ4v) is 2.66. The molecule has 0 aliphatic heterocycles. The number of para-hydroxylation sites is 1. The van der Waals surface area contributed by atoms with E-state index < -0.39 is 5.97 Å². The molecule has 0 aliphatic carbocycles. The molecular weight excluding hydrogens is 282 g/mol. The number of H-pyrrole nitrogens is 1. The summed E-state index contributed by atoms with van der Waals surface area (Å²) in [4.78, 5) is 31.4. The summed E-state index contributed by atoms with van der Waals surface area (Å²) in [5.41, 5.74) is 2.60. The van der Waals surface area contributed by atoms with E-state index in [0.717, 1.165) is 10.9 Å². The van der Waals surface area contributed by atoms with E-state index in [1.807, 2.05) is 24.3 Å². The number of hydrogen-bond donors (Lipinski definition) is 1.